The van der Waals surface area contributed by atoms with Gasteiger partial charge in [-0.1, -0.05) is 18.5 Å². The summed E-state index contributed by atoms with van der Waals surface area (Å²) in [6.45, 7) is 7.93. The summed E-state index contributed by atoms with van der Waals surface area (Å²) in [7, 11) is 0. The van der Waals surface area contributed by atoms with Gasteiger partial charge in [0.15, 0.2) is 0 Å². The van der Waals surface area contributed by atoms with Crippen LogP contribution in [0.4, 0.5) is 0 Å². The van der Waals surface area contributed by atoms with Crippen LogP contribution in [0.5, 0.6) is 0 Å². The quantitative estimate of drug-likeness (QED) is 0.811. The maximum absolute atomic E-state index is 6.14. The molecule has 0 aliphatic carbocycles. The number of rotatable bonds is 6. The van der Waals surface area contributed by atoms with Gasteiger partial charge >= 0.3 is 0 Å². The largest absolute Gasteiger partial charge is 0.314 e. The molecule has 106 valence electrons. The molecule has 0 unspecified atom stereocenters. The molecule has 1 saturated heterocycles. The van der Waals surface area contributed by atoms with Gasteiger partial charge in [-0.15, -0.1) is 11.8 Å². The van der Waals surface area contributed by atoms with Crippen molar-refractivity contribution in [3.05, 3.63) is 28.8 Å². The molecule has 0 atom stereocenters. The highest BCUT2D eigenvalue weighted by atomic mass is 35.5. The highest BCUT2D eigenvalue weighted by Crippen LogP contribution is 2.26. The molecular formula is C15H23ClN2S. The molecule has 0 saturated carbocycles. The van der Waals surface area contributed by atoms with Crippen LogP contribution < -0.4 is 5.32 Å². The van der Waals surface area contributed by atoms with Crippen LogP contribution in [0.3, 0.4) is 0 Å². The van der Waals surface area contributed by atoms with Gasteiger partial charge in [-0.3, -0.25) is 0 Å². The zero-order valence-electron chi connectivity index (χ0n) is 11.6. The number of nitrogens with zero attached hydrogens (tertiary/aromatic N) is 1. The van der Waals surface area contributed by atoms with Gasteiger partial charge in [-0.25, -0.2) is 0 Å². The predicted octanol–water partition coefficient (Wildman–Crippen LogP) is 3.29. The van der Waals surface area contributed by atoms with Gasteiger partial charge in [0, 0.05) is 42.6 Å². The lowest BCUT2D eigenvalue weighted by Crippen LogP contribution is -2.44. The lowest BCUT2D eigenvalue weighted by Gasteiger charge is -2.27. The summed E-state index contributed by atoms with van der Waals surface area (Å²) in [6, 6.07) is 6.32. The molecule has 0 amide bonds. The summed E-state index contributed by atoms with van der Waals surface area (Å²) in [5.41, 5.74) is 1.41. The minimum absolute atomic E-state index is 0.858. The van der Waals surface area contributed by atoms with Crippen molar-refractivity contribution in [3.63, 3.8) is 0 Å². The molecule has 2 nitrogen and oxygen atoms in total. The van der Waals surface area contributed by atoms with E-state index >= 15 is 0 Å². The Morgan fingerprint density at radius 1 is 1.32 bits per heavy atom. The number of benzene rings is 1. The molecule has 1 N–H and O–H groups in total. The molecule has 0 radical (unpaired) electrons. The fourth-order valence-electron chi connectivity index (χ4n) is 2.31. The normalized spacial score (nSPS) is 16.7. The van der Waals surface area contributed by atoms with Crippen LogP contribution in [0.15, 0.2) is 23.1 Å². The molecule has 0 bridgehead atoms. The second-order valence-corrected chi connectivity index (χ2v) is 6.52. The van der Waals surface area contributed by atoms with E-state index in [0.717, 1.165) is 44.2 Å². The van der Waals surface area contributed by atoms with Gasteiger partial charge in [0.2, 0.25) is 0 Å². The Labute approximate surface area is 125 Å². The Morgan fingerprint density at radius 2 is 2.11 bits per heavy atom. The number of hydrogen-bond donors (Lipinski definition) is 1. The lowest BCUT2D eigenvalue weighted by molar-refractivity contribution is 0.243. The van der Waals surface area contributed by atoms with Crippen LogP contribution in [-0.4, -0.2) is 43.4 Å². The monoisotopic (exact) mass is 298 g/mol. The van der Waals surface area contributed by atoms with E-state index in [2.05, 4.69) is 29.3 Å². The van der Waals surface area contributed by atoms with Gasteiger partial charge in [0.05, 0.1) is 0 Å². The Hall–Kier alpha value is -0.220. The third kappa shape index (κ3) is 4.99. The maximum atomic E-state index is 6.14. The molecule has 1 aliphatic rings. The van der Waals surface area contributed by atoms with Crippen molar-refractivity contribution >= 4 is 23.4 Å². The maximum Gasteiger partial charge on any atom is 0.0409 e. The van der Waals surface area contributed by atoms with Crippen LogP contribution in [0, 0.1) is 0 Å². The molecule has 1 aliphatic heterocycles. The standard InChI is InChI=1S/C15H23ClN2S/c1-2-11-19-15-4-3-14(16)12-13(15)5-8-18-9-6-17-7-10-18/h3-4,12,17H,2,5-11H2,1H3. The van der Waals surface area contributed by atoms with Crippen molar-refractivity contribution in [2.24, 2.45) is 0 Å². The molecule has 19 heavy (non-hydrogen) atoms. The van der Waals surface area contributed by atoms with Gasteiger partial charge in [0.1, 0.15) is 0 Å². The minimum atomic E-state index is 0.858. The van der Waals surface area contributed by atoms with Crippen LogP contribution >= 0.6 is 23.4 Å². The van der Waals surface area contributed by atoms with Crippen molar-refractivity contribution in [1.82, 2.24) is 10.2 Å². The van der Waals surface area contributed by atoms with E-state index in [1.165, 1.54) is 22.6 Å². The second-order valence-electron chi connectivity index (χ2n) is 4.94. The lowest BCUT2D eigenvalue weighted by atomic mass is 10.1. The van der Waals surface area contributed by atoms with Gasteiger partial charge in [-0.2, -0.15) is 0 Å². The molecule has 2 rings (SSSR count). The van der Waals surface area contributed by atoms with Crippen molar-refractivity contribution in [2.75, 3.05) is 38.5 Å². The van der Waals surface area contributed by atoms with Crippen LogP contribution in [0.2, 0.25) is 5.02 Å². The topological polar surface area (TPSA) is 15.3 Å². The molecule has 0 spiro atoms. The molecule has 1 fully saturated rings. The fraction of sp³-hybridized carbons (Fsp3) is 0.600. The van der Waals surface area contributed by atoms with E-state index < -0.39 is 0 Å². The number of hydrogen-bond acceptors (Lipinski definition) is 3. The number of nitrogens with one attached hydrogen (secondary N) is 1. The third-order valence-corrected chi connectivity index (χ3v) is 4.95. The van der Waals surface area contributed by atoms with Crippen molar-refractivity contribution in [3.8, 4) is 0 Å². The first-order valence-electron chi connectivity index (χ1n) is 7.14. The summed E-state index contributed by atoms with van der Waals surface area (Å²) in [6.07, 6.45) is 2.32. The molecule has 4 heteroatoms. The van der Waals surface area contributed by atoms with E-state index in [1.54, 1.807) is 0 Å². The van der Waals surface area contributed by atoms with E-state index in [-0.39, 0.29) is 0 Å². The van der Waals surface area contributed by atoms with Crippen LogP contribution in [0.1, 0.15) is 18.9 Å². The predicted molar refractivity (Wildman–Crippen MR) is 85.5 cm³/mol. The van der Waals surface area contributed by atoms with Crippen molar-refractivity contribution < 1.29 is 0 Å². The highest BCUT2D eigenvalue weighted by Gasteiger charge is 2.11. The Bertz CT molecular complexity index is 392. The highest BCUT2D eigenvalue weighted by molar-refractivity contribution is 7.99. The summed E-state index contributed by atoms with van der Waals surface area (Å²) in [4.78, 5) is 3.94. The zero-order chi connectivity index (χ0) is 13.5. The first-order valence-corrected chi connectivity index (χ1v) is 8.50. The molecular weight excluding hydrogens is 276 g/mol. The molecule has 1 aromatic rings. The number of piperazine rings is 1. The third-order valence-electron chi connectivity index (χ3n) is 3.39. The van der Waals surface area contributed by atoms with E-state index in [4.69, 9.17) is 11.6 Å². The first kappa shape index (κ1) is 15.2. The first-order chi connectivity index (χ1) is 9.29. The Kier molecular flexibility index (Phi) is 6.51. The molecule has 0 aromatic heterocycles. The number of thioether (sulfide) groups is 1. The second kappa shape index (κ2) is 8.15. The summed E-state index contributed by atoms with van der Waals surface area (Å²) in [5.74, 6) is 1.18. The van der Waals surface area contributed by atoms with E-state index in [0.29, 0.717) is 0 Å². The van der Waals surface area contributed by atoms with E-state index in [1.807, 2.05) is 17.8 Å². The SMILES string of the molecule is CCCSc1ccc(Cl)cc1CCN1CCNCC1. The van der Waals surface area contributed by atoms with E-state index in [9.17, 15) is 0 Å². The Balaban J connectivity index is 1.94. The van der Waals surface area contributed by atoms with Crippen molar-refractivity contribution in [1.29, 1.82) is 0 Å². The zero-order valence-corrected chi connectivity index (χ0v) is 13.2. The number of halogens is 1. The van der Waals surface area contributed by atoms with Crippen LogP contribution in [-0.2, 0) is 6.42 Å². The molecule has 1 aromatic carbocycles. The Morgan fingerprint density at radius 3 is 2.84 bits per heavy atom. The smallest absolute Gasteiger partial charge is 0.0409 e. The van der Waals surface area contributed by atoms with Crippen LogP contribution in [0.25, 0.3) is 0 Å². The minimum Gasteiger partial charge on any atom is -0.314 e. The summed E-state index contributed by atoms with van der Waals surface area (Å²) in [5, 5.41) is 4.25. The van der Waals surface area contributed by atoms with Gasteiger partial charge in [-0.05, 0) is 42.4 Å². The summed E-state index contributed by atoms with van der Waals surface area (Å²) >= 11 is 8.09. The average molecular weight is 299 g/mol. The average Bonchev–Trinajstić information content (AvgIpc) is 2.45. The molecule has 1 heterocycles. The fourth-order valence-corrected chi connectivity index (χ4v) is 3.44. The van der Waals surface area contributed by atoms with Crippen molar-refractivity contribution in [2.45, 2.75) is 24.7 Å². The summed E-state index contributed by atoms with van der Waals surface area (Å²) < 4.78 is 0. The van der Waals surface area contributed by atoms with Gasteiger partial charge < -0.3 is 10.2 Å². The van der Waals surface area contributed by atoms with Gasteiger partial charge in [0.25, 0.3) is 0 Å².